The highest BCUT2D eigenvalue weighted by atomic mass is 35.5. The zero-order chi connectivity index (χ0) is 14.3. The molecule has 0 saturated carbocycles. The molecule has 4 heteroatoms. The Morgan fingerprint density at radius 3 is 2.58 bits per heavy atom. The number of aliphatic hydroxyl groups is 1. The van der Waals surface area contributed by atoms with E-state index >= 15 is 0 Å². The van der Waals surface area contributed by atoms with Crippen LogP contribution in [0, 0.1) is 0 Å². The molecule has 3 nitrogen and oxygen atoms in total. The summed E-state index contributed by atoms with van der Waals surface area (Å²) in [6.45, 7) is 4.47. The summed E-state index contributed by atoms with van der Waals surface area (Å²) in [5.74, 6) is 0.362. The van der Waals surface area contributed by atoms with E-state index in [1.54, 1.807) is 11.0 Å². The van der Waals surface area contributed by atoms with Crippen LogP contribution in [0.5, 0.6) is 0 Å². The molecule has 1 aromatic carbocycles. The molecular weight excluding hydrogens is 262 g/mol. The van der Waals surface area contributed by atoms with E-state index in [9.17, 15) is 4.79 Å². The van der Waals surface area contributed by atoms with Crippen molar-refractivity contribution in [1.82, 2.24) is 4.90 Å². The second-order valence-corrected chi connectivity index (χ2v) is 4.79. The van der Waals surface area contributed by atoms with E-state index in [2.05, 4.69) is 13.8 Å². The van der Waals surface area contributed by atoms with Crippen LogP contribution in [0.25, 0.3) is 0 Å². The normalized spacial score (nSPS) is 10.8. The summed E-state index contributed by atoms with van der Waals surface area (Å²) in [6.07, 6.45) is 1.77. The Morgan fingerprint density at radius 1 is 1.37 bits per heavy atom. The second-order valence-electron chi connectivity index (χ2n) is 4.53. The summed E-state index contributed by atoms with van der Waals surface area (Å²) in [5, 5.41) is 9.16. The van der Waals surface area contributed by atoms with Crippen LogP contribution in [0.15, 0.2) is 24.3 Å². The number of amides is 1. The van der Waals surface area contributed by atoms with Gasteiger partial charge in [0, 0.05) is 24.0 Å². The van der Waals surface area contributed by atoms with Gasteiger partial charge in [0.1, 0.15) is 0 Å². The van der Waals surface area contributed by atoms with E-state index in [1.807, 2.05) is 18.2 Å². The van der Waals surface area contributed by atoms with Gasteiger partial charge in [-0.3, -0.25) is 4.79 Å². The molecule has 1 rings (SSSR count). The summed E-state index contributed by atoms with van der Waals surface area (Å²) in [7, 11) is 0. The van der Waals surface area contributed by atoms with Gasteiger partial charge >= 0.3 is 0 Å². The zero-order valence-electron chi connectivity index (χ0n) is 11.6. The highest BCUT2D eigenvalue weighted by Gasteiger charge is 2.21. The van der Waals surface area contributed by atoms with Crippen LogP contribution in [-0.4, -0.2) is 35.1 Å². The fourth-order valence-corrected chi connectivity index (χ4v) is 2.41. The molecule has 0 radical (unpaired) electrons. The second kappa shape index (κ2) is 8.18. The topological polar surface area (TPSA) is 40.5 Å². The lowest BCUT2D eigenvalue weighted by Crippen LogP contribution is -2.41. The molecule has 0 aliphatic heterocycles. The lowest BCUT2D eigenvalue weighted by molar-refractivity contribution is 0.0622. The maximum Gasteiger partial charge on any atom is 0.254 e. The van der Waals surface area contributed by atoms with Crippen LogP contribution >= 0.6 is 11.6 Å². The molecule has 1 aromatic rings. The lowest BCUT2D eigenvalue weighted by Gasteiger charge is -2.30. The number of nitrogens with zero attached hydrogens (tertiary/aromatic N) is 1. The van der Waals surface area contributed by atoms with Crippen molar-refractivity contribution in [2.24, 2.45) is 0 Å². The van der Waals surface area contributed by atoms with Crippen LogP contribution in [-0.2, 0) is 5.88 Å². The lowest BCUT2D eigenvalue weighted by atomic mass is 10.1. The van der Waals surface area contributed by atoms with Gasteiger partial charge in [-0.15, -0.1) is 11.6 Å². The minimum Gasteiger partial charge on any atom is -0.395 e. The Balaban J connectivity index is 2.97. The van der Waals surface area contributed by atoms with Gasteiger partial charge < -0.3 is 10.0 Å². The van der Waals surface area contributed by atoms with E-state index in [4.69, 9.17) is 16.7 Å². The average molecular weight is 284 g/mol. The molecule has 0 aliphatic rings. The standard InChI is InChI=1S/C15H22ClNO2/c1-3-14(4-2)17(8-9-18)15(19)13-7-5-6-12(10-13)11-16/h5-7,10,14,18H,3-4,8-9,11H2,1-2H3. The van der Waals surface area contributed by atoms with E-state index < -0.39 is 0 Å². The van der Waals surface area contributed by atoms with Crippen LogP contribution < -0.4 is 0 Å². The maximum absolute atomic E-state index is 12.5. The zero-order valence-corrected chi connectivity index (χ0v) is 12.4. The molecule has 0 unspecified atom stereocenters. The van der Waals surface area contributed by atoms with Crippen molar-refractivity contribution in [3.8, 4) is 0 Å². The number of rotatable bonds is 7. The first-order valence-electron chi connectivity index (χ1n) is 6.74. The Kier molecular flexibility index (Phi) is 6.89. The third kappa shape index (κ3) is 4.22. The van der Waals surface area contributed by atoms with Crippen molar-refractivity contribution in [1.29, 1.82) is 0 Å². The largest absolute Gasteiger partial charge is 0.395 e. The molecule has 0 saturated heterocycles. The summed E-state index contributed by atoms with van der Waals surface area (Å²) in [6, 6.07) is 7.53. The first-order valence-corrected chi connectivity index (χ1v) is 7.28. The molecule has 0 aliphatic carbocycles. The number of aliphatic hydroxyl groups excluding tert-OH is 1. The van der Waals surface area contributed by atoms with Crippen LogP contribution in [0.1, 0.15) is 42.6 Å². The molecular formula is C15H22ClNO2. The Morgan fingerprint density at radius 2 is 2.05 bits per heavy atom. The number of hydrogen-bond acceptors (Lipinski definition) is 2. The number of hydrogen-bond donors (Lipinski definition) is 1. The molecule has 0 aromatic heterocycles. The van der Waals surface area contributed by atoms with E-state index in [-0.39, 0.29) is 18.6 Å². The summed E-state index contributed by atoms with van der Waals surface area (Å²) >= 11 is 5.80. The molecule has 0 heterocycles. The smallest absolute Gasteiger partial charge is 0.254 e. The Bertz CT molecular complexity index is 405. The quantitative estimate of drug-likeness (QED) is 0.782. The van der Waals surface area contributed by atoms with Gasteiger partial charge in [-0.2, -0.15) is 0 Å². The van der Waals surface area contributed by atoms with Gasteiger partial charge in [-0.1, -0.05) is 26.0 Å². The van der Waals surface area contributed by atoms with E-state index in [0.29, 0.717) is 18.0 Å². The first kappa shape index (κ1) is 16.0. The molecule has 1 amide bonds. The molecule has 0 spiro atoms. The van der Waals surface area contributed by atoms with Gasteiger partial charge in [-0.25, -0.2) is 0 Å². The van der Waals surface area contributed by atoms with Crippen molar-refractivity contribution in [2.75, 3.05) is 13.2 Å². The van der Waals surface area contributed by atoms with Gasteiger partial charge in [0.2, 0.25) is 0 Å². The minimum atomic E-state index is -0.0327. The first-order chi connectivity index (χ1) is 9.17. The number of halogens is 1. The van der Waals surface area contributed by atoms with Crippen molar-refractivity contribution < 1.29 is 9.90 Å². The van der Waals surface area contributed by atoms with Crippen molar-refractivity contribution in [3.63, 3.8) is 0 Å². The van der Waals surface area contributed by atoms with E-state index in [0.717, 1.165) is 18.4 Å². The van der Waals surface area contributed by atoms with Crippen molar-refractivity contribution in [3.05, 3.63) is 35.4 Å². The SMILES string of the molecule is CCC(CC)N(CCO)C(=O)c1cccc(CCl)c1. The summed E-state index contributed by atoms with van der Waals surface area (Å²) in [4.78, 5) is 14.3. The Labute approximate surface area is 120 Å². The van der Waals surface area contributed by atoms with Gasteiger partial charge in [-0.05, 0) is 30.5 Å². The summed E-state index contributed by atoms with van der Waals surface area (Å²) in [5.41, 5.74) is 1.57. The van der Waals surface area contributed by atoms with Crippen LogP contribution in [0.3, 0.4) is 0 Å². The predicted molar refractivity (Wildman–Crippen MR) is 78.5 cm³/mol. The predicted octanol–water partition coefficient (Wildman–Crippen LogP) is 3.05. The maximum atomic E-state index is 12.5. The fraction of sp³-hybridized carbons (Fsp3) is 0.533. The monoisotopic (exact) mass is 283 g/mol. The summed E-state index contributed by atoms with van der Waals surface area (Å²) < 4.78 is 0. The average Bonchev–Trinajstić information content (AvgIpc) is 2.47. The van der Waals surface area contributed by atoms with Crippen LogP contribution in [0.4, 0.5) is 0 Å². The number of benzene rings is 1. The third-order valence-electron chi connectivity index (χ3n) is 3.31. The van der Waals surface area contributed by atoms with Crippen molar-refractivity contribution in [2.45, 2.75) is 38.6 Å². The fourth-order valence-electron chi connectivity index (χ4n) is 2.24. The van der Waals surface area contributed by atoms with Crippen molar-refractivity contribution >= 4 is 17.5 Å². The highest BCUT2D eigenvalue weighted by Crippen LogP contribution is 2.15. The minimum absolute atomic E-state index is 0.0164. The third-order valence-corrected chi connectivity index (χ3v) is 3.62. The number of alkyl halides is 1. The molecule has 106 valence electrons. The molecule has 0 bridgehead atoms. The molecule has 19 heavy (non-hydrogen) atoms. The molecule has 0 fully saturated rings. The van der Waals surface area contributed by atoms with Gasteiger partial charge in [0.05, 0.1) is 6.61 Å². The van der Waals surface area contributed by atoms with Gasteiger partial charge in [0.25, 0.3) is 5.91 Å². The van der Waals surface area contributed by atoms with Gasteiger partial charge in [0.15, 0.2) is 0 Å². The molecule has 1 N–H and O–H groups in total. The Hall–Kier alpha value is -1.06. The van der Waals surface area contributed by atoms with Crippen LogP contribution in [0.2, 0.25) is 0 Å². The number of carbonyl (C=O) groups is 1. The molecule has 0 atom stereocenters. The van der Waals surface area contributed by atoms with E-state index in [1.165, 1.54) is 0 Å². The number of carbonyl (C=O) groups excluding carboxylic acids is 1. The highest BCUT2D eigenvalue weighted by molar-refractivity contribution is 6.17.